The molecule has 25 heteroatoms. The molecule has 44 heavy (non-hydrogen) atoms. The predicted molar refractivity (Wildman–Crippen MR) is 140 cm³/mol. The Morgan fingerprint density at radius 3 is 2.45 bits per heavy atom. The van der Waals surface area contributed by atoms with Gasteiger partial charge in [-0.3, -0.25) is 41.5 Å². The van der Waals surface area contributed by atoms with Gasteiger partial charge in [-0.2, -0.15) is 4.98 Å². The monoisotopic (exact) mass is 690 g/mol. The number of nitrogens with zero attached hydrogens (tertiary/aromatic N) is 3. The number of hydrogen-bond acceptors (Lipinski definition) is 15. The number of rotatable bonds is 10. The minimum atomic E-state index is -5.11. The SMILES string of the molecule is C[C@@]12OP(=O)(O)O[C@@H]1[C@@H](COP(=O)(O)O[C@H]1C[C@H](n3ccc(=O)[nH]c3=O)O[C@@H]1CO[32P](=O)(O)O)O[C@H]2n1ccc(N)nc1=O. The standard InChI is InChI=1S/C19H26N5O17P3/c1-19-15(40-44(33,34)41-19)11(38-16(19)24-4-2-12(20)21-17(24)26)8-36-43(31,32)39-9-6-14(23-5-3-13(25)22-18(23)27)37-10(9)7-35-42(28,29)30/h2-5,9-11,14-16H,6-8H2,1H3,(H,31,32)(H,33,34)(H2,20,21,26)(H,22,25,27)(H2,28,29,30)/t9-,10+,11+,14+,15+,16+,19+/m0/s1/i42+1. The van der Waals surface area contributed by atoms with Crippen LogP contribution in [0.25, 0.3) is 0 Å². The van der Waals surface area contributed by atoms with Crippen LogP contribution in [0.3, 0.4) is 0 Å². The highest BCUT2D eigenvalue weighted by Gasteiger charge is 2.66. The molecule has 3 saturated heterocycles. The Hall–Kier alpha value is -2.39. The Bertz CT molecular complexity index is 1740. The summed E-state index contributed by atoms with van der Waals surface area (Å²) in [4.78, 5) is 80.4. The van der Waals surface area contributed by atoms with Crippen molar-refractivity contribution in [1.29, 1.82) is 0 Å². The summed E-state index contributed by atoms with van der Waals surface area (Å²) in [7, 11) is -14.8. The molecular weight excluding hydrogens is 664 g/mol. The molecule has 2 unspecified atom stereocenters. The van der Waals surface area contributed by atoms with E-state index in [0.717, 1.165) is 21.4 Å². The number of phosphoric ester groups is 3. The van der Waals surface area contributed by atoms with Crippen LogP contribution in [-0.4, -0.2) is 81.9 Å². The number of nitrogens with one attached hydrogen (secondary N) is 1. The first-order chi connectivity index (χ1) is 20.4. The molecule has 0 aliphatic carbocycles. The van der Waals surface area contributed by atoms with Crippen molar-refractivity contribution in [2.24, 2.45) is 0 Å². The van der Waals surface area contributed by atoms with Crippen molar-refractivity contribution in [3.05, 3.63) is 55.8 Å². The summed E-state index contributed by atoms with van der Waals surface area (Å²) in [6.45, 7) is -0.375. The van der Waals surface area contributed by atoms with E-state index in [1.54, 1.807) is 0 Å². The van der Waals surface area contributed by atoms with Crippen molar-refractivity contribution in [3.8, 4) is 0 Å². The van der Waals surface area contributed by atoms with Crippen molar-refractivity contribution in [2.45, 2.75) is 55.8 Å². The van der Waals surface area contributed by atoms with Gasteiger partial charge < -0.3 is 34.8 Å². The molecule has 0 radical (unpaired) electrons. The number of aromatic nitrogens is 4. The molecule has 2 aromatic rings. The van der Waals surface area contributed by atoms with Gasteiger partial charge in [0.1, 0.15) is 36.5 Å². The van der Waals surface area contributed by atoms with E-state index in [2.05, 4.69) is 9.51 Å². The van der Waals surface area contributed by atoms with Crippen LogP contribution >= 0.6 is 23.5 Å². The van der Waals surface area contributed by atoms with E-state index in [4.69, 9.17) is 43.1 Å². The zero-order chi connectivity index (χ0) is 32.2. The molecule has 0 aromatic carbocycles. The quantitative estimate of drug-likeness (QED) is 0.154. The van der Waals surface area contributed by atoms with Crippen LogP contribution in [0, 0.1) is 0 Å². The minimum Gasteiger partial charge on any atom is -0.383 e. The molecule has 3 aliphatic rings. The number of hydrogen-bond donors (Lipinski definition) is 6. The lowest BCUT2D eigenvalue weighted by Gasteiger charge is -2.27. The minimum absolute atomic E-state index is 0.117. The summed E-state index contributed by atoms with van der Waals surface area (Å²) < 4.78 is 74.8. The molecule has 2 aromatic heterocycles. The number of nitrogen functional groups attached to an aromatic ring is 1. The average Bonchev–Trinajstić information content (AvgIpc) is 3.47. The first kappa shape index (κ1) is 33.0. The third-order valence-corrected chi connectivity index (χ3v) is 9.39. The molecule has 9 atom stereocenters. The Morgan fingerprint density at radius 2 is 1.80 bits per heavy atom. The van der Waals surface area contributed by atoms with Gasteiger partial charge in [-0.05, 0) is 13.0 Å². The Balaban J connectivity index is 1.32. The second kappa shape index (κ2) is 11.8. The molecule has 5 rings (SSSR count). The second-order valence-corrected chi connectivity index (χ2v) is 13.9. The van der Waals surface area contributed by atoms with Gasteiger partial charge in [0.25, 0.3) is 5.56 Å². The average molecular weight is 690 g/mol. The molecule has 5 heterocycles. The fourth-order valence-corrected chi connectivity index (χ4v) is 7.63. The fraction of sp³-hybridized carbons (Fsp3) is 0.579. The predicted octanol–water partition coefficient (Wildman–Crippen LogP) is -1.55. The maximum atomic E-state index is 13.0. The third-order valence-electron chi connectivity index (χ3n) is 6.78. The topological polar surface area (TPSA) is 313 Å². The van der Waals surface area contributed by atoms with Crippen molar-refractivity contribution in [2.75, 3.05) is 18.9 Å². The zero-order valence-electron chi connectivity index (χ0n) is 22.3. The maximum Gasteiger partial charge on any atom is 0.473 e. The van der Waals surface area contributed by atoms with Gasteiger partial charge >= 0.3 is 34.8 Å². The second-order valence-electron chi connectivity index (χ2n) is 9.92. The van der Waals surface area contributed by atoms with Crippen LogP contribution in [0.15, 0.2) is 38.9 Å². The highest BCUT2D eigenvalue weighted by Crippen LogP contribution is 2.64. The first-order valence-electron chi connectivity index (χ1n) is 12.4. The molecule has 22 nitrogen and oxygen atoms in total. The largest absolute Gasteiger partial charge is 0.473 e. The number of ether oxygens (including phenoxy) is 2. The van der Waals surface area contributed by atoms with Gasteiger partial charge in [0.15, 0.2) is 11.8 Å². The Morgan fingerprint density at radius 1 is 1.11 bits per heavy atom. The summed E-state index contributed by atoms with van der Waals surface area (Å²) in [5.41, 5.74) is 1.20. The van der Waals surface area contributed by atoms with Crippen molar-refractivity contribution in [3.63, 3.8) is 0 Å². The van der Waals surface area contributed by atoms with Gasteiger partial charge in [-0.1, -0.05) is 0 Å². The molecular formula is C19H26N5O17P3. The number of nitrogens with two attached hydrogens (primary N) is 1. The van der Waals surface area contributed by atoms with Crippen LogP contribution < -0.4 is 22.7 Å². The van der Waals surface area contributed by atoms with Crippen LogP contribution in [0.1, 0.15) is 25.8 Å². The van der Waals surface area contributed by atoms with Crippen LogP contribution in [0.2, 0.25) is 0 Å². The summed E-state index contributed by atoms with van der Waals surface area (Å²) in [6.07, 6.45) is -6.47. The van der Waals surface area contributed by atoms with E-state index in [1.165, 1.54) is 19.2 Å². The van der Waals surface area contributed by atoms with Crippen LogP contribution in [0.5, 0.6) is 0 Å². The molecule has 0 bridgehead atoms. The lowest BCUT2D eigenvalue weighted by molar-refractivity contribution is -0.0838. The molecule has 0 spiro atoms. The lowest BCUT2D eigenvalue weighted by Crippen LogP contribution is -2.44. The number of anilines is 1. The molecule has 3 aliphatic heterocycles. The van der Waals surface area contributed by atoms with Crippen LogP contribution in [0.4, 0.5) is 5.82 Å². The summed E-state index contributed by atoms with van der Waals surface area (Å²) >= 11 is 0. The van der Waals surface area contributed by atoms with Crippen molar-refractivity contribution < 1.29 is 65.4 Å². The summed E-state index contributed by atoms with van der Waals surface area (Å²) in [5.74, 6) is -0.117. The molecule has 0 amide bonds. The van der Waals surface area contributed by atoms with E-state index in [-0.39, 0.29) is 12.2 Å². The van der Waals surface area contributed by atoms with E-state index >= 15 is 0 Å². The number of phosphoric acid groups is 3. The number of aromatic amines is 1. The third kappa shape index (κ3) is 7.04. The molecule has 0 saturated carbocycles. The van der Waals surface area contributed by atoms with Gasteiger partial charge in [-0.15, -0.1) is 0 Å². The Kier molecular flexibility index (Phi) is 8.82. The van der Waals surface area contributed by atoms with Gasteiger partial charge in [-0.25, -0.2) is 23.3 Å². The van der Waals surface area contributed by atoms with Gasteiger partial charge in [0.2, 0.25) is 0 Å². The fourth-order valence-electron chi connectivity index (χ4n) is 4.96. The van der Waals surface area contributed by atoms with E-state index in [1.807, 2.05) is 4.98 Å². The van der Waals surface area contributed by atoms with Gasteiger partial charge in [0, 0.05) is 24.9 Å². The normalized spacial score (nSPS) is 35.0. The smallest absolute Gasteiger partial charge is 0.383 e. The van der Waals surface area contributed by atoms with Crippen molar-refractivity contribution in [1.82, 2.24) is 19.1 Å². The Labute approximate surface area is 244 Å². The molecule has 7 N–H and O–H groups in total. The van der Waals surface area contributed by atoms with E-state index in [0.29, 0.717) is 0 Å². The summed E-state index contributed by atoms with van der Waals surface area (Å²) in [6, 6.07) is 2.25. The van der Waals surface area contributed by atoms with Crippen LogP contribution in [-0.2, 0) is 45.8 Å². The summed E-state index contributed by atoms with van der Waals surface area (Å²) in [5, 5.41) is 0. The van der Waals surface area contributed by atoms with Gasteiger partial charge in [0.05, 0.1) is 13.2 Å². The lowest BCUT2D eigenvalue weighted by atomic mass is 9.96. The molecule has 244 valence electrons. The van der Waals surface area contributed by atoms with Crippen molar-refractivity contribution >= 4 is 29.3 Å². The highest BCUT2D eigenvalue weighted by molar-refractivity contribution is 7.48. The maximum absolute atomic E-state index is 13.0. The number of fused-ring (bicyclic) bond motifs is 1. The first-order valence-corrected chi connectivity index (χ1v) is 16.9. The van der Waals surface area contributed by atoms with E-state index < -0.39 is 96.1 Å². The number of H-pyrrole nitrogens is 1. The zero-order valence-corrected chi connectivity index (χ0v) is 24.9. The molecule has 3 fully saturated rings. The highest BCUT2D eigenvalue weighted by atomic mass is 32.2. The van der Waals surface area contributed by atoms with E-state index in [9.17, 15) is 37.9 Å².